The largest absolute Gasteiger partial charge is 0.462 e. The van der Waals surface area contributed by atoms with Gasteiger partial charge in [-0.1, -0.05) is 285 Å². The van der Waals surface area contributed by atoms with Gasteiger partial charge < -0.3 is 14.2 Å². The van der Waals surface area contributed by atoms with Crippen LogP contribution in [-0.4, -0.2) is 37.2 Å². The van der Waals surface area contributed by atoms with Crippen LogP contribution in [0.1, 0.15) is 324 Å². The number of rotatable bonds is 52. The first-order chi connectivity index (χ1) is 31.2. The van der Waals surface area contributed by atoms with Gasteiger partial charge in [-0.25, -0.2) is 0 Å². The Labute approximate surface area is 399 Å². The fourth-order valence-corrected chi connectivity index (χ4v) is 8.87. The highest BCUT2D eigenvalue weighted by Gasteiger charge is 2.19. The molecule has 0 aromatic carbocycles. The van der Waals surface area contributed by atoms with Crippen molar-refractivity contribution in [3.63, 3.8) is 0 Å². The third kappa shape index (κ3) is 51.4. The van der Waals surface area contributed by atoms with Gasteiger partial charge in [0, 0.05) is 19.3 Å². The Morgan fingerprint density at radius 3 is 0.766 bits per heavy atom. The molecule has 0 N–H and O–H groups in total. The Bertz CT molecular complexity index is 978. The van der Waals surface area contributed by atoms with Crippen LogP contribution in [0.2, 0.25) is 0 Å². The molecule has 0 aromatic heterocycles. The third-order valence-corrected chi connectivity index (χ3v) is 13.2. The zero-order valence-corrected chi connectivity index (χ0v) is 43.9. The van der Waals surface area contributed by atoms with Gasteiger partial charge in [-0.2, -0.15) is 0 Å². The second-order valence-corrected chi connectivity index (χ2v) is 20.9. The van der Waals surface area contributed by atoms with Gasteiger partial charge in [0.05, 0.1) is 0 Å². The van der Waals surface area contributed by atoms with Crippen LogP contribution in [-0.2, 0) is 28.6 Å². The lowest BCUT2D eigenvalue weighted by atomic mass is 10.0. The average molecular weight is 906 g/mol. The molecule has 0 saturated heterocycles. The zero-order valence-electron chi connectivity index (χ0n) is 43.9. The molecule has 0 amide bonds. The van der Waals surface area contributed by atoms with Gasteiger partial charge in [0.15, 0.2) is 6.10 Å². The molecular formula is C58H112O6. The fourth-order valence-electron chi connectivity index (χ4n) is 8.87. The van der Waals surface area contributed by atoms with E-state index >= 15 is 0 Å². The standard InChI is InChI=1S/C58H112O6/c1-6-7-8-9-10-11-28-35-40-45-50-58(61)64-55(52-63-57(60)49-44-39-34-30-25-21-17-16-19-23-27-32-37-42-47-54(4)5)51-62-56(59)48-43-38-33-29-24-20-15-13-12-14-18-22-26-31-36-41-46-53(2)3/h53-55H,6-52H2,1-5H3/t55-/m0/s1. The second kappa shape index (κ2) is 50.8. The van der Waals surface area contributed by atoms with Crippen molar-refractivity contribution in [3.8, 4) is 0 Å². The summed E-state index contributed by atoms with van der Waals surface area (Å²) in [6.45, 7) is 11.4. The van der Waals surface area contributed by atoms with Crippen LogP contribution in [0.4, 0.5) is 0 Å². The lowest BCUT2D eigenvalue weighted by Crippen LogP contribution is -2.30. The van der Waals surface area contributed by atoms with Gasteiger partial charge in [0.1, 0.15) is 13.2 Å². The van der Waals surface area contributed by atoms with Crippen LogP contribution in [0.25, 0.3) is 0 Å². The molecule has 6 heteroatoms. The number of hydrogen-bond donors (Lipinski definition) is 0. The quantitative estimate of drug-likeness (QED) is 0.0344. The van der Waals surface area contributed by atoms with Crippen LogP contribution >= 0.6 is 0 Å². The van der Waals surface area contributed by atoms with Crippen LogP contribution in [0.15, 0.2) is 0 Å². The molecule has 0 spiro atoms. The first-order valence-corrected chi connectivity index (χ1v) is 28.7. The summed E-state index contributed by atoms with van der Waals surface area (Å²) in [5.41, 5.74) is 0. The molecular weight excluding hydrogens is 793 g/mol. The van der Waals surface area contributed by atoms with E-state index in [1.807, 2.05) is 0 Å². The first kappa shape index (κ1) is 62.4. The first-order valence-electron chi connectivity index (χ1n) is 28.7. The van der Waals surface area contributed by atoms with E-state index in [9.17, 15) is 14.4 Å². The minimum atomic E-state index is -0.761. The molecule has 0 aliphatic rings. The van der Waals surface area contributed by atoms with E-state index in [0.29, 0.717) is 19.3 Å². The van der Waals surface area contributed by atoms with Crippen LogP contribution in [0.5, 0.6) is 0 Å². The molecule has 0 fully saturated rings. The Morgan fingerprint density at radius 2 is 0.516 bits per heavy atom. The predicted molar refractivity (Wildman–Crippen MR) is 275 cm³/mol. The van der Waals surface area contributed by atoms with Crippen LogP contribution in [0, 0.1) is 11.8 Å². The third-order valence-electron chi connectivity index (χ3n) is 13.2. The number of ether oxygens (including phenoxy) is 3. The molecule has 0 heterocycles. The summed E-state index contributed by atoms with van der Waals surface area (Å²) < 4.78 is 16.9. The maximum atomic E-state index is 12.8. The SMILES string of the molecule is CCCCCCCCCCCCC(=O)O[C@@H](COC(=O)CCCCCCCCCCCCCCCCCCC(C)C)COC(=O)CCCCCCCCCCCCCCCCC(C)C. The molecule has 0 aliphatic carbocycles. The smallest absolute Gasteiger partial charge is 0.306 e. The van der Waals surface area contributed by atoms with E-state index in [2.05, 4.69) is 34.6 Å². The van der Waals surface area contributed by atoms with Crippen molar-refractivity contribution in [1.29, 1.82) is 0 Å². The Morgan fingerprint density at radius 1 is 0.297 bits per heavy atom. The van der Waals surface area contributed by atoms with E-state index < -0.39 is 6.10 Å². The van der Waals surface area contributed by atoms with Crippen LogP contribution in [0.3, 0.4) is 0 Å². The lowest BCUT2D eigenvalue weighted by molar-refractivity contribution is -0.167. The van der Waals surface area contributed by atoms with E-state index in [4.69, 9.17) is 14.2 Å². The normalized spacial score (nSPS) is 12.0. The van der Waals surface area contributed by atoms with Crippen molar-refractivity contribution in [1.82, 2.24) is 0 Å². The zero-order chi connectivity index (χ0) is 46.8. The minimum Gasteiger partial charge on any atom is -0.462 e. The van der Waals surface area contributed by atoms with Crippen molar-refractivity contribution < 1.29 is 28.6 Å². The Kier molecular flexibility index (Phi) is 49.6. The number of carbonyl (C=O) groups excluding carboxylic acids is 3. The molecule has 6 nitrogen and oxygen atoms in total. The van der Waals surface area contributed by atoms with Crippen molar-refractivity contribution in [2.24, 2.45) is 11.8 Å². The van der Waals surface area contributed by atoms with E-state index in [1.54, 1.807) is 0 Å². The lowest BCUT2D eigenvalue weighted by Gasteiger charge is -2.18. The highest BCUT2D eigenvalue weighted by atomic mass is 16.6. The van der Waals surface area contributed by atoms with Crippen molar-refractivity contribution >= 4 is 17.9 Å². The summed E-state index contributed by atoms with van der Waals surface area (Å²) in [4.78, 5) is 38.1. The van der Waals surface area contributed by atoms with Crippen molar-refractivity contribution in [2.75, 3.05) is 13.2 Å². The molecule has 0 radical (unpaired) electrons. The average Bonchev–Trinajstić information content (AvgIpc) is 3.27. The number of carbonyl (C=O) groups is 3. The number of esters is 3. The second-order valence-electron chi connectivity index (χ2n) is 20.9. The van der Waals surface area contributed by atoms with Gasteiger partial charge >= 0.3 is 17.9 Å². The van der Waals surface area contributed by atoms with Gasteiger partial charge in [-0.05, 0) is 31.1 Å². The Hall–Kier alpha value is -1.59. The molecule has 1 atom stereocenters. The summed E-state index contributed by atoms with van der Waals surface area (Å²) in [6.07, 6.45) is 53.8. The van der Waals surface area contributed by atoms with E-state index in [0.717, 1.165) is 69.6 Å². The molecule has 380 valence electrons. The number of hydrogen-bond acceptors (Lipinski definition) is 6. The number of unbranched alkanes of at least 4 members (excludes halogenated alkanes) is 37. The minimum absolute atomic E-state index is 0.0627. The molecule has 0 unspecified atom stereocenters. The summed E-state index contributed by atoms with van der Waals surface area (Å²) >= 11 is 0. The summed E-state index contributed by atoms with van der Waals surface area (Å²) in [5, 5.41) is 0. The fraction of sp³-hybridized carbons (Fsp3) is 0.948. The molecule has 0 aliphatic heterocycles. The maximum Gasteiger partial charge on any atom is 0.306 e. The van der Waals surface area contributed by atoms with E-state index in [-0.39, 0.29) is 31.1 Å². The van der Waals surface area contributed by atoms with Gasteiger partial charge in [-0.15, -0.1) is 0 Å². The van der Waals surface area contributed by atoms with Crippen LogP contribution < -0.4 is 0 Å². The van der Waals surface area contributed by atoms with E-state index in [1.165, 1.54) is 212 Å². The molecule has 0 bridgehead atoms. The Balaban J connectivity index is 4.21. The maximum absolute atomic E-state index is 12.8. The predicted octanol–water partition coefficient (Wildman–Crippen LogP) is 18.9. The van der Waals surface area contributed by atoms with Crippen molar-refractivity contribution in [3.05, 3.63) is 0 Å². The summed E-state index contributed by atoms with van der Waals surface area (Å²) in [5.74, 6) is 0.857. The molecule has 0 saturated carbocycles. The summed E-state index contributed by atoms with van der Waals surface area (Å²) in [6, 6.07) is 0. The molecule has 0 aromatic rings. The molecule has 64 heavy (non-hydrogen) atoms. The highest BCUT2D eigenvalue weighted by molar-refractivity contribution is 5.71. The summed E-state index contributed by atoms with van der Waals surface area (Å²) in [7, 11) is 0. The van der Waals surface area contributed by atoms with Gasteiger partial charge in [-0.3, -0.25) is 14.4 Å². The topological polar surface area (TPSA) is 78.9 Å². The highest BCUT2D eigenvalue weighted by Crippen LogP contribution is 2.18. The molecule has 0 rings (SSSR count). The van der Waals surface area contributed by atoms with Gasteiger partial charge in [0.25, 0.3) is 0 Å². The van der Waals surface area contributed by atoms with Crippen molar-refractivity contribution in [2.45, 2.75) is 330 Å². The van der Waals surface area contributed by atoms with Gasteiger partial charge in [0.2, 0.25) is 0 Å². The monoisotopic (exact) mass is 905 g/mol.